The van der Waals surface area contributed by atoms with Crippen molar-refractivity contribution in [3.05, 3.63) is 34.9 Å². The molecule has 1 saturated carbocycles. The van der Waals surface area contributed by atoms with Gasteiger partial charge >= 0.3 is 0 Å². The zero-order chi connectivity index (χ0) is 17.4. The summed E-state index contributed by atoms with van der Waals surface area (Å²) < 4.78 is 0. The Bertz CT molecular complexity index is 652. The lowest BCUT2D eigenvalue weighted by molar-refractivity contribution is -0.144. The number of likely N-dealkylation sites (N-methyl/N-ethyl adjacent to an activating group) is 1. The van der Waals surface area contributed by atoms with Gasteiger partial charge in [-0.25, -0.2) is 0 Å². The third kappa shape index (κ3) is 3.42. The SMILES string of the molecule is CC(C)N(C)C(=O)[C@@H]1CSCN1C(=O)[C@H]1C[C@@H]1c1cccc(Cl)c1. The van der Waals surface area contributed by atoms with Gasteiger partial charge in [0.05, 0.1) is 5.88 Å². The van der Waals surface area contributed by atoms with Crippen LogP contribution in [0.25, 0.3) is 0 Å². The van der Waals surface area contributed by atoms with Crippen LogP contribution < -0.4 is 0 Å². The molecule has 0 spiro atoms. The average molecular weight is 367 g/mol. The molecule has 1 aliphatic heterocycles. The fourth-order valence-corrected chi connectivity index (χ4v) is 4.49. The number of nitrogens with zero attached hydrogens (tertiary/aromatic N) is 2. The third-order valence-corrected chi connectivity index (χ3v) is 6.20. The molecule has 0 bridgehead atoms. The van der Waals surface area contributed by atoms with Gasteiger partial charge in [-0.1, -0.05) is 23.7 Å². The summed E-state index contributed by atoms with van der Waals surface area (Å²) in [5.74, 6) is 1.68. The van der Waals surface area contributed by atoms with Crippen molar-refractivity contribution < 1.29 is 9.59 Å². The Balaban J connectivity index is 1.68. The summed E-state index contributed by atoms with van der Waals surface area (Å²) in [6, 6.07) is 7.55. The van der Waals surface area contributed by atoms with Gasteiger partial charge in [0.25, 0.3) is 0 Å². The van der Waals surface area contributed by atoms with E-state index in [1.165, 1.54) is 0 Å². The van der Waals surface area contributed by atoms with Gasteiger partial charge in [-0.2, -0.15) is 0 Å². The lowest BCUT2D eigenvalue weighted by Gasteiger charge is -2.29. The van der Waals surface area contributed by atoms with Crippen LogP contribution in [0.1, 0.15) is 31.7 Å². The molecule has 0 N–H and O–H groups in total. The van der Waals surface area contributed by atoms with Gasteiger partial charge in [-0.15, -0.1) is 11.8 Å². The van der Waals surface area contributed by atoms with Crippen LogP contribution in [0.5, 0.6) is 0 Å². The predicted molar refractivity (Wildman–Crippen MR) is 98.2 cm³/mol. The first-order chi connectivity index (χ1) is 11.4. The average Bonchev–Trinajstić information content (AvgIpc) is 3.21. The second-order valence-corrected chi connectivity index (χ2v) is 8.31. The molecular formula is C18H23ClN2O2S. The molecule has 2 amide bonds. The van der Waals surface area contributed by atoms with Gasteiger partial charge in [0.1, 0.15) is 6.04 Å². The zero-order valence-corrected chi connectivity index (χ0v) is 15.8. The molecule has 0 aromatic heterocycles. The number of halogens is 1. The molecule has 1 aromatic carbocycles. The second kappa shape index (κ2) is 6.96. The number of rotatable bonds is 4. The molecule has 1 aromatic rings. The number of thioether (sulfide) groups is 1. The van der Waals surface area contributed by atoms with Crippen molar-refractivity contribution in [3.8, 4) is 0 Å². The molecule has 3 rings (SSSR count). The summed E-state index contributed by atoms with van der Waals surface area (Å²) in [5, 5.41) is 0.703. The van der Waals surface area contributed by atoms with E-state index in [4.69, 9.17) is 11.6 Å². The van der Waals surface area contributed by atoms with Crippen molar-refractivity contribution in [2.75, 3.05) is 18.7 Å². The molecule has 1 heterocycles. The smallest absolute Gasteiger partial charge is 0.246 e. The topological polar surface area (TPSA) is 40.6 Å². The van der Waals surface area contributed by atoms with E-state index in [2.05, 4.69) is 0 Å². The van der Waals surface area contributed by atoms with Gasteiger partial charge in [0, 0.05) is 29.8 Å². The molecule has 0 radical (unpaired) electrons. The quantitative estimate of drug-likeness (QED) is 0.821. The molecule has 2 aliphatic rings. The van der Waals surface area contributed by atoms with Crippen molar-refractivity contribution in [1.29, 1.82) is 0 Å². The maximum absolute atomic E-state index is 12.9. The van der Waals surface area contributed by atoms with E-state index >= 15 is 0 Å². The van der Waals surface area contributed by atoms with E-state index < -0.39 is 0 Å². The summed E-state index contributed by atoms with van der Waals surface area (Å²) in [7, 11) is 1.81. The Morgan fingerprint density at radius 3 is 2.79 bits per heavy atom. The number of carbonyl (C=O) groups is 2. The Labute approximate surface area is 152 Å². The fourth-order valence-electron chi connectivity index (χ4n) is 3.14. The molecule has 24 heavy (non-hydrogen) atoms. The zero-order valence-electron chi connectivity index (χ0n) is 14.2. The van der Waals surface area contributed by atoms with E-state index in [-0.39, 0.29) is 35.7 Å². The number of carbonyl (C=O) groups excluding carboxylic acids is 2. The first-order valence-electron chi connectivity index (χ1n) is 8.30. The highest BCUT2D eigenvalue weighted by Crippen LogP contribution is 2.49. The van der Waals surface area contributed by atoms with E-state index in [0.717, 1.165) is 12.0 Å². The standard InChI is InChI=1S/C18H23ClN2O2S/c1-11(2)20(3)18(23)16-9-24-10-21(16)17(22)15-8-14(15)12-5-4-6-13(19)7-12/h4-7,11,14-16H,8-10H2,1-3H3/t14-,15+,16+/m1/s1. The third-order valence-electron chi connectivity index (χ3n) is 4.96. The van der Waals surface area contributed by atoms with Crippen LogP contribution in [-0.2, 0) is 9.59 Å². The molecular weight excluding hydrogens is 344 g/mol. The maximum atomic E-state index is 12.9. The van der Waals surface area contributed by atoms with E-state index in [1.54, 1.807) is 21.6 Å². The second-order valence-electron chi connectivity index (χ2n) is 6.87. The van der Waals surface area contributed by atoms with Crippen molar-refractivity contribution in [3.63, 3.8) is 0 Å². The normalized spacial score (nSPS) is 25.9. The van der Waals surface area contributed by atoms with Crippen LogP contribution in [-0.4, -0.2) is 52.4 Å². The Morgan fingerprint density at radius 1 is 1.38 bits per heavy atom. The van der Waals surface area contributed by atoms with E-state index in [9.17, 15) is 9.59 Å². The van der Waals surface area contributed by atoms with Crippen LogP contribution in [0.2, 0.25) is 5.02 Å². The van der Waals surface area contributed by atoms with E-state index in [0.29, 0.717) is 16.7 Å². The van der Waals surface area contributed by atoms with Gasteiger partial charge in [-0.3, -0.25) is 9.59 Å². The largest absolute Gasteiger partial charge is 0.342 e. The summed E-state index contributed by atoms with van der Waals surface area (Å²) in [6.07, 6.45) is 0.848. The lowest BCUT2D eigenvalue weighted by Crippen LogP contribution is -2.50. The molecule has 1 aliphatic carbocycles. The number of hydrogen-bond acceptors (Lipinski definition) is 3. The molecule has 0 unspecified atom stereocenters. The predicted octanol–water partition coefficient (Wildman–Crippen LogP) is 3.21. The van der Waals surface area contributed by atoms with Crippen molar-refractivity contribution in [2.45, 2.75) is 38.3 Å². The van der Waals surface area contributed by atoms with Gasteiger partial charge < -0.3 is 9.80 Å². The summed E-state index contributed by atoms with van der Waals surface area (Å²) in [4.78, 5) is 29.0. The highest BCUT2D eigenvalue weighted by atomic mass is 35.5. The Kier molecular flexibility index (Phi) is 5.11. The fraction of sp³-hybridized carbons (Fsp3) is 0.556. The molecule has 3 atom stereocenters. The van der Waals surface area contributed by atoms with Crippen LogP contribution >= 0.6 is 23.4 Å². The maximum Gasteiger partial charge on any atom is 0.246 e. The lowest BCUT2D eigenvalue weighted by atomic mass is 10.1. The summed E-state index contributed by atoms with van der Waals surface area (Å²) in [6.45, 7) is 3.98. The van der Waals surface area contributed by atoms with Crippen molar-refractivity contribution >= 4 is 35.2 Å². The van der Waals surface area contributed by atoms with Gasteiger partial charge in [-0.05, 0) is 43.9 Å². The first-order valence-corrected chi connectivity index (χ1v) is 9.83. The molecule has 4 nitrogen and oxygen atoms in total. The van der Waals surface area contributed by atoms with Crippen LogP contribution in [0, 0.1) is 5.92 Å². The minimum Gasteiger partial charge on any atom is -0.342 e. The number of benzene rings is 1. The highest BCUT2D eigenvalue weighted by Gasteiger charge is 2.49. The van der Waals surface area contributed by atoms with Crippen molar-refractivity contribution in [1.82, 2.24) is 9.80 Å². The summed E-state index contributed by atoms with van der Waals surface area (Å²) in [5.41, 5.74) is 1.12. The van der Waals surface area contributed by atoms with Crippen LogP contribution in [0.15, 0.2) is 24.3 Å². The first kappa shape index (κ1) is 17.6. The molecule has 130 valence electrons. The van der Waals surface area contributed by atoms with Gasteiger partial charge in [0.2, 0.25) is 11.8 Å². The molecule has 1 saturated heterocycles. The van der Waals surface area contributed by atoms with Crippen molar-refractivity contribution in [2.24, 2.45) is 5.92 Å². The van der Waals surface area contributed by atoms with Crippen LogP contribution in [0.3, 0.4) is 0 Å². The monoisotopic (exact) mass is 366 g/mol. The molecule has 6 heteroatoms. The summed E-state index contributed by atoms with van der Waals surface area (Å²) >= 11 is 7.71. The highest BCUT2D eigenvalue weighted by molar-refractivity contribution is 7.99. The molecule has 2 fully saturated rings. The minimum absolute atomic E-state index is 0.0122. The number of amides is 2. The van der Waals surface area contributed by atoms with E-state index in [1.807, 2.05) is 45.2 Å². The Morgan fingerprint density at radius 2 is 2.12 bits per heavy atom. The minimum atomic E-state index is -0.324. The van der Waals surface area contributed by atoms with Gasteiger partial charge in [0.15, 0.2) is 0 Å². The van der Waals surface area contributed by atoms with Crippen LogP contribution in [0.4, 0.5) is 0 Å². The Hall–Kier alpha value is -1.20. The number of hydrogen-bond donors (Lipinski definition) is 0.